The SMILES string of the molecule is CC(=O)OC(/C=C/C(C)CCC=C(C)C)/C(C)=C/CC[C@@]1(C)[C@H](CCCO)/C(=C(\C)C=O)CC[C@]1(C)O. The van der Waals surface area contributed by atoms with Gasteiger partial charge in [0.25, 0.3) is 0 Å². The van der Waals surface area contributed by atoms with Gasteiger partial charge in [0.1, 0.15) is 12.4 Å². The summed E-state index contributed by atoms with van der Waals surface area (Å²) in [6.45, 7) is 15.8. The zero-order chi connectivity index (χ0) is 28.2. The van der Waals surface area contributed by atoms with Crippen molar-refractivity contribution in [2.75, 3.05) is 6.61 Å². The molecule has 1 aliphatic carbocycles. The second kappa shape index (κ2) is 15.4. The molecule has 0 aromatic carbocycles. The number of aliphatic hydroxyl groups excluding tert-OH is 1. The molecule has 2 unspecified atom stereocenters. The third-order valence-electron chi connectivity index (χ3n) is 8.30. The molecule has 0 aromatic heterocycles. The first-order valence-corrected chi connectivity index (χ1v) is 13.9. The Morgan fingerprint density at radius 2 is 1.78 bits per heavy atom. The molecule has 37 heavy (non-hydrogen) atoms. The Morgan fingerprint density at radius 1 is 1.11 bits per heavy atom. The fraction of sp³-hybridized carbons (Fsp3) is 0.688. The number of esters is 1. The van der Waals surface area contributed by atoms with Crippen LogP contribution in [0.1, 0.15) is 107 Å². The summed E-state index contributed by atoms with van der Waals surface area (Å²) in [4.78, 5) is 23.4. The molecule has 0 saturated heterocycles. The van der Waals surface area contributed by atoms with Crippen molar-refractivity contribution in [3.05, 3.63) is 46.6 Å². The predicted octanol–water partition coefficient (Wildman–Crippen LogP) is 7.04. The molecule has 0 aromatic rings. The van der Waals surface area contributed by atoms with Gasteiger partial charge in [-0.2, -0.15) is 0 Å². The van der Waals surface area contributed by atoms with Gasteiger partial charge < -0.3 is 14.9 Å². The topological polar surface area (TPSA) is 83.8 Å². The molecule has 2 N–H and O–H groups in total. The highest BCUT2D eigenvalue weighted by Crippen LogP contribution is 2.55. The van der Waals surface area contributed by atoms with Crippen molar-refractivity contribution >= 4 is 12.3 Å². The van der Waals surface area contributed by atoms with E-state index in [0.717, 1.165) is 48.7 Å². The summed E-state index contributed by atoms with van der Waals surface area (Å²) in [6.07, 6.45) is 15.1. The Morgan fingerprint density at radius 3 is 2.35 bits per heavy atom. The molecular weight excluding hydrogens is 464 g/mol. The maximum Gasteiger partial charge on any atom is 0.303 e. The van der Waals surface area contributed by atoms with Crippen LogP contribution in [0.3, 0.4) is 0 Å². The summed E-state index contributed by atoms with van der Waals surface area (Å²) >= 11 is 0. The van der Waals surface area contributed by atoms with Crippen molar-refractivity contribution < 1.29 is 24.5 Å². The molecule has 0 radical (unpaired) electrons. The van der Waals surface area contributed by atoms with Crippen molar-refractivity contribution in [1.29, 1.82) is 0 Å². The number of carbonyl (C=O) groups excluding carboxylic acids is 2. The van der Waals surface area contributed by atoms with Crippen molar-refractivity contribution in [2.24, 2.45) is 17.3 Å². The van der Waals surface area contributed by atoms with Crippen LogP contribution < -0.4 is 0 Å². The Hall–Kier alpha value is -1.98. The molecule has 1 fully saturated rings. The third-order valence-corrected chi connectivity index (χ3v) is 8.30. The molecule has 0 amide bonds. The Labute approximate surface area is 225 Å². The second-order valence-electron chi connectivity index (χ2n) is 11.7. The van der Waals surface area contributed by atoms with Crippen molar-refractivity contribution in [3.63, 3.8) is 0 Å². The lowest BCUT2D eigenvalue weighted by atomic mass is 9.54. The minimum Gasteiger partial charge on any atom is -0.454 e. The van der Waals surface area contributed by atoms with Crippen LogP contribution in [-0.4, -0.2) is 40.8 Å². The number of aldehydes is 1. The number of ether oxygens (including phenoxy) is 1. The normalized spacial score (nSPS) is 27.5. The van der Waals surface area contributed by atoms with E-state index in [9.17, 15) is 19.8 Å². The summed E-state index contributed by atoms with van der Waals surface area (Å²) in [5, 5.41) is 21.0. The van der Waals surface area contributed by atoms with E-state index in [2.05, 4.69) is 45.9 Å². The van der Waals surface area contributed by atoms with E-state index in [4.69, 9.17) is 4.74 Å². The average Bonchev–Trinajstić information content (AvgIpc) is 2.81. The van der Waals surface area contributed by atoms with Crippen LogP contribution in [0.4, 0.5) is 0 Å². The van der Waals surface area contributed by atoms with Gasteiger partial charge in [0.15, 0.2) is 0 Å². The molecule has 210 valence electrons. The molecule has 0 spiro atoms. The van der Waals surface area contributed by atoms with Crippen molar-refractivity contribution in [1.82, 2.24) is 0 Å². The zero-order valence-electron chi connectivity index (χ0n) is 24.6. The van der Waals surface area contributed by atoms with E-state index in [1.165, 1.54) is 12.5 Å². The molecule has 5 nitrogen and oxygen atoms in total. The highest BCUT2D eigenvalue weighted by Gasteiger charge is 2.52. The molecule has 0 heterocycles. The maximum atomic E-state index is 11.8. The summed E-state index contributed by atoms with van der Waals surface area (Å²) in [7, 11) is 0. The fourth-order valence-electron chi connectivity index (χ4n) is 5.58. The first kappa shape index (κ1) is 33.0. The lowest BCUT2D eigenvalue weighted by Crippen LogP contribution is -2.52. The van der Waals surface area contributed by atoms with Gasteiger partial charge in [-0.25, -0.2) is 0 Å². The summed E-state index contributed by atoms with van der Waals surface area (Å²) < 4.78 is 5.62. The van der Waals surface area contributed by atoms with Crippen LogP contribution in [-0.2, 0) is 14.3 Å². The van der Waals surface area contributed by atoms with Crippen LogP contribution >= 0.6 is 0 Å². The van der Waals surface area contributed by atoms with Crippen LogP contribution in [0.15, 0.2) is 46.6 Å². The smallest absolute Gasteiger partial charge is 0.303 e. The largest absolute Gasteiger partial charge is 0.454 e. The molecule has 0 aliphatic heterocycles. The van der Waals surface area contributed by atoms with Gasteiger partial charge in [-0.15, -0.1) is 0 Å². The lowest BCUT2D eigenvalue weighted by molar-refractivity contribution is -0.142. The fourth-order valence-corrected chi connectivity index (χ4v) is 5.58. The Kier molecular flexibility index (Phi) is 13.8. The minimum absolute atomic E-state index is 0.0214. The van der Waals surface area contributed by atoms with Crippen LogP contribution in [0.5, 0.6) is 0 Å². The summed E-state index contributed by atoms with van der Waals surface area (Å²) in [5.41, 5.74) is 2.80. The molecule has 0 bridgehead atoms. The summed E-state index contributed by atoms with van der Waals surface area (Å²) in [6, 6.07) is 0. The van der Waals surface area contributed by atoms with Crippen molar-refractivity contribution in [3.8, 4) is 0 Å². The number of aliphatic hydroxyl groups is 2. The van der Waals surface area contributed by atoms with Crippen LogP contribution in [0, 0.1) is 17.3 Å². The molecule has 1 rings (SSSR count). The number of carbonyl (C=O) groups is 2. The molecule has 1 saturated carbocycles. The van der Waals surface area contributed by atoms with E-state index in [1.54, 1.807) is 0 Å². The van der Waals surface area contributed by atoms with Crippen LogP contribution in [0.25, 0.3) is 0 Å². The van der Waals surface area contributed by atoms with Crippen LogP contribution in [0.2, 0.25) is 0 Å². The number of rotatable bonds is 14. The Balaban J connectivity index is 3.11. The van der Waals surface area contributed by atoms with E-state index < -0.39 is 17.1 Å². The van der Waals surface area contributed by atoms with E-state index in [1.807, 2.05) is 26.8 Å². The monoisotopic (exact) mass is 516 g/mol. The number of allylic oxidation sites excluding steroid dienone is 6. The molecule has 5 heteroatoms. The van der Waals surface area contributed by atoms with Gasteiger partial charge in [-0.05, 0) is 115 Å². The van der Waals surface area contributed by atoms with Gasteiger partial charge in [0, 0.05) is 18.9 Å². The number of hydrogen-bond acceptors (Lipinski definition) is 5. The highest BCUT2D eigenvalue weighted by atomic mass is 16.5. The first-order chi connectivity index (χ1) is 17.3. The second-order valence-corrected chi connectivity index (χ2v) is 11.7. The van der Waals surface area contributed by atoms with Gasteiger partial charge in [0.05, 0.1) is 5.60 Å². The van der Waals surface area contributed by atoms with Gasteiger partial charge in [-0.3, -0.25) is 9.59 Å². The van der Waals surface area contributed by atoms with Gasteiger partial charge >= 0.3 is 5.97 Å². The van der Waals surface area contributed by atoms with Gasteiger partial charge in [-0.1, -0.05) is 43.2 Å². The molecular formula is C32H52O5. The summed E-state index contributed by atoms with van der Waals surface area (Å²) in [5.74, 6) is 0.0781. The van der Waals surface area contributed by atoms with Crippen molar-refractivity contribution in [2.45, 2.75) is 118 Å². The average molecular weight is 517 g/mol. The van der Waals surface area contributed by atoms with E-state index in [0.29, 0.717) is 31.6 Å². The van der Waals surface area contributed by atoms with E-state index >= 15 is 0 Å². The highest BCUT2D eigenvalue weighted by molar-refractivity contribution is 5.74. The lowest BCUT2D eigenvalue weighted by Gasteiger charge is -2.53. The number of hydrogen-bond donors (Lipinski definition) is 2. The van der Waals surface area contributed by atoms with Gasteiger partial charge in [0.2, 0.25) is 0 Å². The molecule has 5 atom stereocenters. The first-order valence-electron chi connectivity index (χ1n) is 13.9. The minimum atomic E-state index is -0.891. The Bertz CT molecular complexity index is 872. The predicted molar refractivity (Wildman–Crippen MR) is 152 cm³/mol. The zero-order valence-corrected chi connectivity index (χ0v) is 24.6. The maximum absolute atomic E-state index is 11.8. The third kappa shape index (κ3) is 10.0. The quantitative estimate of drug-likeness (QED) is 0.112. The van der Waals surface area contributed by atoms with E-state index in [-0.39, 0.29) is 18.5 Å². The standard InChI is InChI=1S/C32H52O5/c1-23(2)12-9-13-24(3)16-17-30(37-27(6)35)25(4)14-10-19-31(7)29(15-11-21-33)28(26(5)22-34)18-20-32(31,8)36/h12,14,16-17,22,24,29-30,33,36H,9-11,13,15,18-21H2,1-8H3/b17-16+,25-14+,28-26+/t24?,29-,30?,31+,32+/m1/s1. The molecule has 1 aliphatic rings.